The van der Waals surface area contributed by atoms with Crippen LogP contribution in [0.3, 0.4) is 0 Å². The molecular weight excluding hydrogens is 262 g/mol. The van der Waals surface area contributed by atoms with Crippen molar-refractivity contribution in [1.29, 1.82) is 0 Å². The molecule has 0 amide bonds. The van der Waals surface area contributed by atoms with Crippen molar-refractivity contribution in [3.8, 4) is 11.5 Å². The topological polar surface area (TPSA) is 30.5 Å². The third-order valence-corrected chi connectivity index (χ3v) is 3.49. The highest BCUT2D eigenvalue weighted by molar-refractivity contribution is 5.54. The predicted molar refractivity (Wildman–Crippen MR) is 87.4 cm³/mol. The molecule has 0 saturated heterocycles. The van der Waals surface area contributed by atoms with Crippen molar-refractivity contribution >= 4 is 5.69 Å². The fourth-order valence-electron chi connectivity index (χ4n) is 2.13. The first-order valence-corrected chi connectivity index (χ1v) is 7.18. The van der Waals surface area contributed by atoms with E-state index >= 15 is 0 Å². The van der Waals surface area contributed by atoms with E-state index in [2.05, 4.69) is 43.4 Å². The Morgan fingerprint density at radius 1 is 0.905 bits per heavy atom. The maximum atomic E-state index is 5.27. The Balaban J connectivity index is 2.05. The summed E-state index contributed by atoms with van der Waals surface area (Å²) < 4.78 is 10.5. The number of anilines is 1. The molecule has 0 saturated carbocycles. The summed E-state index contributed by atoms with van der Waals surface area (Å²) in [7, 11) is 3.31. The highest BCUT2D eigenvalue weighted by atomic mass is 16.5. The zero-order valence-electron chi connectivity index (χ0n) is 13.1. The summed E-state index contributed by atoms with van der Waals surface area (Å²) in [5.74, 6) is 2.13. The summed E-state index contributed by atoms with van der Waals surface area (Å²) in [6, 6.07) is 14.5. The molecule has 0 spiro atoms. The van der Waals surface area contributed by atoms with Crippen molar-refractivity contribution in [3.05, 3.63) is 53.6 Å². The minimum Gasteiger partial charge on any atom is -0.497 e. The van der Waals surface area contributed by atoms with E-state index in [9.17, 15) is 0 Å². The van der Waals surface area contributed by atoms with E-state index in [-0.39, 0.29) is 0 Å². The van der Waals surface area contributed by atoms with Crippen molar-refractivity contribution in [2.45, 2.75) is 26.3 Å². The Morgan fingerprint density at radius 3 is 1.95 bits per heavy atom. The summed E-state index contributed by atoms with van der Waals surface area (Å²) in [5.41, 5.74) is 3.60. The molecule has 3 heteroatoms. The zero-order valence-corrected chi connectivity index (χ0v) is 13.1. The molecule has 0 fully saturated rings. The second-order valence-electron chi connectivity index (χ2n) is 5.35. The van der Waals surface area contributed by atoms with Gasteiger partial charge in [-0.25, -0.2) is 0 Å². The van der Waals surface area contributed by atoms with Crippen LogP contribution in [0.5, 0.6) is 11.5 Å². The van der Waals surface area contributed by atoms with Gasteiger partial charge in [-0.1, -0.05) is 38.1 Å². The fraction of sp³-hybridized carbons (Fsp3) is 0.333. The van der Waals surface area contributed by atoms with Crippen LogP contribution in [0.4, 0.5) is 5.69 Å². The van der Waals surface area contributed by atoms with Crippen LogP contribution in [-0.2, 0) is 6.54 Å². The maximum Gasteiger partial charge on any atom is 0.124 e. The zero-order chi connectivity index (χ0) is 15.2. The molecule has 2 aromatic carbocycles. The van der Waals surface area contributed by atoms with Crippen LogP contribution in [0.1, 0.15) is 30.9 Å². The lowest BCUT2D eigenvalue weighted by atomic mass is 10.0. The van der Waals surface area contributed by atoms with Gasteiger partial charge in [0.15, 0.2) is 0 Å². The summed E-state index contributed by atoms with van der Waals surface area (Å²) >= 11 is 0. The van der Waals surface area contributed by atoms with E-state index in [1.807, 2.05) is 18.2 Å². The van der Waals surface area contributed by atoms with Gasteiger partial charge in [0.25, 0.3) is 0 Å². The van der Waals surface area contributed by atoms with Crippen molar-refractivity contribution < 1.29 is 9.47 Å². The van der Waals surface area contributed by atoms with Crippen LogP contribution < -0.4 is 14.8 Å². The average molecular weight is 285 g/mol. The lowest BCUT2D eigenvalue weighted by Gasteiger charge is -2.11. The van der Waals surface area contributed by atoms with Gasteiger partial charge in [0, 0.05) is 30.4 Å². The van der Waals surface area contributed by atoms with Gasteiger partial charge in [-0.3, -0.25) is 0 Å². The van der Waals surface area contributed by atoms with Crippen LogP contribution in [0.2, 0.25) is 0 Å². The Morgan fingerprint density at radius 2 is 1.48 bits per heavy atom. The molecule has 2 aromatic rings. The minimum atomic E-state index is 0.564. The monoisotopic (exact) mass is 285 g/mol. The van der Waals surface area contributed by atoms with Gasteiger partial charge in [0.1, 0.15) is 11.5 Å². The summed E-state index contributed by atoms with van der Waals surface area (Å²) in [5, 5.41) is 3.40. The predicted octanol–water partition coefficient (Wildman–Crippen LogP) is 4.44. The van der Waals surface area contributed by atoms with E-state index in [1.54, 1.807) is 14.2 Å². The summed E-state index contributed by atoms with van der Waals surface area (Å²) in [4.78, 5) is 0. The molecule has 3 nitrogen and oxygen atoms in total. The molecule has 2 rings (SSSR count). The Labute approximate surface area is 126 Å². The van der Waals surface area contributed by atoms with Gasteiger partial charge in [-0.15, -0.1) is 0 Å². The Bertz CT molecular complexity index is 554. The van der Waals surface area contributed by atoms with Gasteiger partial charge in [0.05, 0.1) is 14.2 Å². The van der Waals surface area contributed by atoms with Crippen molar-refractivity contribution in [2.75, 3.05) is 19.5 Å². The average Bonchev–Trinajstić information content (AvgIpc) is 2.52. The number of hydrogen-bond acceptors (Lipinski definition) is 3. The molecule has 0 aromatic heterocycles. The molecule has 0 unspecified atom stereocenters. The molecule has 1 N–H and O–H groups in total. The Kier molecular flexibility index (Phi) is 5.09. The van der Waals surface area contributed by atoms with E-state index < -0.39 is 0 Å². The van der Waals surface area contributed by atoms with Gasteiger partial charge in [-0.05, 0) is 17.0 Å². The van der Waals surface area contributed by atoms with Crippen LogP contribution in [0, 0.1) is 0 Å². The van der Waals surface area contributed by atoms with E-state index in [0.717, 1.165) is 23.7 Å². The van der Waals surface area contributed by atoms with E-state index in [1.165, 1.54) is 11.1 Å². The maximum absolute atomic E-state index is 5.27. The van der Waals surface area contributed by atoms with Crippen LogP contribution in [-0.4, -0.2) is 14.2 Å². The molecule has 0 aliphatic heterocycles. The number of rotatable bonds is 6. The van der Waals surface area contributed by atoms with Crippen LogP contribution in [0.15, 0.2) is 42.5 Å². The molecule has 0 radical (unpaired) electrons. The molecule has 21 heavy (non-hydrogen) atoms. The molecule has 0 bridgehead atoms. The smallest absolute Gasteiger partial charge is 0.124 e. The summed E-state index contributed by atoms with van der Waals surface area (Å²) in [6.45, 7) is 5.18. The molecular formula is C18H23NO2. The number of ether oxygens (including phenoxy) is 2. The first-order chi connectivity index (χ1) is 10.1. The quantitative estimate of drug-likeness (QED) is 0.851. The standard InChI is InChI=1S/C18H23NO2/c1-13(2)15-7-5-14(6-8-15)12-19-16-9-17(20-3)11-18(10-16)21-4/h5-11,13,19H,12H2,1-4H3. The molecule has 112 valence electrons. The first kappa shape index (κ1) is 15.2. The number of benzene rings is 2. The van der Waals surface area contributed by atoms with E-state index in [0.29, 0.717) is 5.92 Å². The Hall–Kier alpha value is -2.16. The molecule has 0 heterocycles. The molecule has 0 aliphatic carbocycles. The van der Waals surface area contributed by atoms with E-state index in [4.69, 9.17) is 9.47 Å². The van der Waals surface area contributed by atoms with Crippen LogP contribution in [0.25, 0.3) is 0 Å². The van der Waals surface area contributed by atoms with Gasteiger partial charge in [-0.2, -0.15) is 0 Å². The fourth-order valence-corrected chi connectivity index (χ4v) is 2.13. The molecule has 0 aliphatic rings. The second kappa shape index (κ2) is 7.02. The number of methoxy groups -OCH3 is 2. The van der Waals surface area contributed by atoms with Gasteiger partial charge in [0.2, 0.25) is 0 Å². The lowest BCUT2D eigenvalue weighted by molar-refractivity contribution is 0.394. The number of nitrogens with one attached hydrogen (secondary N) is 1. The highest BCUT2D eigenvalue weighted by Crippen LogP contribution is 2.26. The third kappa shape index (κ3) is 4.15. The SMILES string of the molecule is COc1cc(NCc2ccc(C(C)C)cc2)cc(OC)c1. The minimum absolute atomic E-state index is 0.564. The molecule has 0 atom stereocenters. The largest absolute Gasteiger partial charge is 0.497 e. The normalized spacial score (nSPS) is 10.5. The van der Waals surface area contributed by atoms with Crippen LogP contribution >= 0.6 is 0 Å². The highest BCUT2D eigenvalue weighted by Gasteiger charge is 2.03. The third-order valence-electron chi connectivity index (χ3n) is 3.49. The number of hydrogen-bond donors (Lipinski definition) is 1. The van der Waals surface area contributed by atoms with Crippen molar-refractivity contribution in [3.63, 3.8) is 0 Å². The summed E-state index contributed by atoms with van der Waals surface area (Å²) in [6.07, 6.45) is 0. The first-order valence-electron chi connectivity index (χ1n) is 7.18. The van der Waals surface area contributed by atoms with Gasteiger partial charge < -0.3 is 14.8 Å². The second-order valence-corrected chi connectivity index (χ2v) is 5.35. The van der Waals surface area contributed by atoms with Crippen molar-refractivity contribution in [2.24, 2.45) is 0 Å². The van der Waals surface area contributed by atoms with Crippen molar-refractivity contribution in [1.82, 2.24) is 0 Å². The lowest BCUT2D eigenvalue weighted by Crippen LogP contribution is -2.00. The van der Waals surface area contributed by atoms with Gasteiger partial charge >= 0.3 is 0 Å².